The summed E-state index contributed by atoms with van der Waals surface area (Å²) in [6, 6.07) is 7.60. The van der Waals surface area contributed by atoms with E-state index in [2.05, 4.69) is 21.2 Å². The van der Waals surface area contributed by atoms with Crippen molar-refractivity contribution in [1.82, 2.24) is 10.2 Å². The Morgan fingerprint density at radius 3 is 2.65 bits per heavy atom. The third kappa shape index (κ3) is 4.49. The molecule has 110 valence electrons. The van der Waals surface area contributed by atoms with Crippen LogP contribution in [0.3, 0.4) is 0 Å². The first-order valence-corrected chi connectivity index (χ1v) is 7.86. The first kappa shape index (κ1) is 15.3. The predicted molar refractivity (Wildman–Crippen MR) is 82.9 cm³/mol. The number of amides is 1. The second-order valence-corrected chi connectivity index (χ2v) is 5.93. The van der Waals surface area contributed by atoms with E-state index in [9.17, 15) is 4.79 Å². The van der Waals surface area contributed by atoms with E-state index in [1.165, 1.54) is 0 Å². The summed E-state index contributed by atoms with van der Waals surface area (Å²) in [4.78, 5) is 14.0. The molecule has 1 aliphatic heterocycles. The number of carbonyl (C=O) groups excluding carboxylic acids is 1. The van der Waals surface area contributed by atoms with Gasteiger partial charge in [0.1, 0.15) is 12.4 Å². The van der Waals surface area contributed by atoms with Gasteiger partial charge in [-0.15, -0.1) is 0 Å². The summed E-state index contributed by atoms with van der Waals surface area (Å²) in [6.07, 6.45) is 2.26. The molecule has 0 aliphatic carbocycles. The molecule has 0 bridgehead atoms. The Hall–Kier alpha value is -1.07. The Labute approximate surface area is 128 Å². The topological polar surface area (TPSA) is 41.6 Å². The highest BCUT2D eigenvalue weighted by Gasteiger charge is 2.22. The SMILES string of the molecule is CC(NCCOc1ccc(Br)cc1)C(=O)N1CCCC1. The van der Waals surface area contributed by atoms with Crippen LogP contribution in [-0.4, -0.2) is 43.1 Å². The Morgan fingerprint density at radius 2 is 2.00 bits per heavy atom. The molecule has 1 aromatic carbocycles. The number of likely N-dealkylation sites (tertiary alicyclic amines) is 1. The summed E-state index contributed by atoms with van der Waals surface area (Å²) >= 11 is 3.38. The van der Waals surface area contributed by atoms with Gasteiger partial charge < -0.3 is 15.0 Å². The van der Waals surface area contributed by atoms with Crippen LogP contribution in [-0.2, 0) is 4.79 Å². The Bertz CT molecular complexity index is 430. The molecular weight excluding hydrogens is 320 g/mol. The number of hydrogen-bond donors (Lipinski definition) is 1. The first-order valence-electron chi connectivity index (χ1n) is 7.07. The van der Waals surface area contributed by atoms with Crippen molar-refractivity contribution in [2.45, 2.75) is 25.8 Å². The molecule has 4 nitrogen and oxygen atoms in total. The fourth-order valence-corrected chi connectivity index (χ4v) is 2.54. The maximum absolute atomic E-state index is 12.1. The average Bonchev–Trinajstić information content (AvgIpc) is 2.98. The minimum atomic E-state index is -0.137. The highest BCUT2D eigenvalue weighted by atomic mass is 79.9. The average molecular weight is 341 g/mol. The van der Waals surface area contributed by atoms with Crippen LogP contribution in [0.2, 0.25) is 0 Å². The molecule has 0 saturated carbocycles. The van der Waals surface area contributed by atoms with Crippen molar-refractivity contribution in [2.75, 3.05) is 26.2 Å². The number of rotatable bonds is 6. The summed E-state index contributed by atoms with van der Waals surface area (Å²) in [7, 11) is 0. The molecule has 1 atom stereocenters. The number of benzene rings is 1. The lowest BCUT2D eigenvalue weighted by Crippen LogP contribution is -2.44. The summed E-state index contributed by atoms with van der Waals surface area (Å²) in [6.45, 7) is 4.94. The summed E-state index contributed by atoms with van der Waals surface area (Å²) < 4.78 is 6.64. The number of hydrogen-bond acceptors (Lipinski definition) is 3. The van der Waals surface area contributed by atoms with E-state index in [0.29, 0.717) is 13.2 Å². The van der Waals surface area contributed by atoms with Crippen LogP contribution < -0.4 is 10.1 Å². The van der Waals surface area contributed by atoms with E-state index in [1.54, 1.807) is 0 Å². The van der Waals surface area contributed by atoms with Gasteiger partial charge in [-0.05, 0) is 44.0 Å². The fraction of sp³-hybridized carbons (Fsp3) is 0.533. The van der Waals surface area contributed by atoms with Crippen LogP contribution in [0.5, 0.6) is 5.75 Å². The second-order valence-electron chi connectivity index (χ2n) is 5.01. The fourth-order valence-electron chi connectivity index (χ4n) is 2.27. The number of nitrogens with zero attached hydrogens (tertiary/aromatic N) is 1. The monoisotopic (exact) mass is 340 g/mol. The van der Waals surface area contributed by atoms with Gasteiger partial charge in [-0.2, -0.15) is 0 Å². The van der Waals surface area contributed by atoms with Gasteiger partial charge in [0.2, 0.25) is 5.91 Å². The molecule has 20 heavy (non-hydrogen) atoms. The van der Waals surface area contributed by atoms with Gasteiger partial charge in [0.05, 0.1) is 6.04 Å². The lowest BCUT2D eigenvalue weighted by molar-refractivity contribution is -0.131. The number of carbonyl (C=O) groups is 1. The Morgan fingerprint density at radius 1 is 1.35 bits per heavy atom. The molecule has 1 unspecified atom stereocenters. The molecule has 1 N–H and O–H groups in total. The van der Waals surface area contributed by atoms with Crippen molar-refractivity contribution in [2.24, 2.45) is 0 Å². The standard InChI is InChI=1S/C15H21BrN2O2/c1-12(15(19)18-9-2-3-10-18)17-8-11-20-14-6-4-13(16)5-7-14/h4-7,12,17H,2-3,8-11H2,1H3. The Balaban J connectivity index is 1.65. The molecule has 1 saturated heterocycles. The van der Waals surface area contributed by atoms with Crippen LogP contribution in [0, 0.1) is 0 Å². The normalized spacial score (nSPS) is 16.2. The minimum absolute atomic E-state index is 0.137. The van der Waals surface area contributed by atoms with Crippen molar-refractivity contribution in [3.05, 3.63) is 28.7 Å². The molecular formula is C15H21BrN2O2. The third-order valence-electron chi connectivity index (χ3n) is 3.42. The smallest absolute Gasteiger partial charge is 0.239 e. The Kier molecular flexibility index (Phi) is 5.86. The molecule has 0 spiro atoms. The van der Waals surface area contributed by atoms with Crippen LogP contribution in [0.1, 0.15) is 19.8 Å². The summed E-state index contributed by atoms with van der Waals surface area (Å²) in [5.41, 5.74) is 0. The van der Waals surface area contributed by atoms with Crippen molar-refractivity contribution < 1.29 is 9.53 Å². The molecule has 1 fully saturated rings. The van der Waals surface area contributed by atoms with E-state index < -0.39 is 0 Å². The van der Waals surface area contributed by atoms with E-state index in [4.69, 9.17) is 4.74 Å². The second kappa shape index (κ2) is 7.64. The number of ether oxygens (including phenoxy) is 1. The van der Waals surface area contributed by atoms with Crippen LogP contribution in [0.15, 0.2) is 28.7 Å². The van der Waals surface area contributed by atoms with Crippen LogP contribution in [0.25, 0.3) is 0 Å². The van der Waals surface area contributed by atoms with E-state index in [-0.39, 0.29) is 11.9 Å². The number of nitrogens with one attached hydrogen (secondary N) is 1. The van der Waals surface area contributed by atoms with Gasteiger partial charge in [0.15, 0.2) is 0 Å². The predicted octanol–water partition coefficient (Wildman–Crippen LogP) is 2.43. The quantitative estimate of drug-likeness (QED) is 0.808. The van der Waals surface area contributed by atoms with Crippen molar-refractivity contribution in [1.29, 1.82) is 0 Å². The lowest BCUT2D eigenvalue weighted by Gasteiger charge is -2.21. The zero-order valence-electron chi connectivity index (χ0n) is 11.8. The molecule has 2 rings (SSSR count). The maximum atomic E-state index is 12.1. The van der Waals surface area contributed by atoms with Crippen molar-refractivity contribution >= 4 is 21.8 Å². The van der Waals surface area contributed by atoms with Crippen LogP contribution in [0.4, 0.5) is 0 Å². The maximum Gasteiger partial charge on any atom is 0.239 e. The van der Waals surface area contributed by atoms with Gasteiger partial charge in [0, 0.05) is 24.1 Å². The third-order valence-corrected chi connectivity index (χ3v) is 3.95. The molecule has 0 aromatic heterocycles. The highest BCUT2D eigenvalue weighted by molar-refractivity contribution is 9.10. The minimum Gasteiger partial charge on any atom is -0.492 e. The molecule has 1 aliphatic rings. The number of halogens is 1. The van der Waals surface area contributed by atoms with E-state index in [0.717, 1.165) is 36.2 Å². The van der Waals surface area contributed by atoms with Gasteiger partial charge in [0.25, 0.3) is 0 Å². The van der Waals surface area contributed by atoms with Crippen molar-refractivity contribution in [3.8, 4) is 5.75 Å². The van der Waals surface area contributed by atoms with Gasteiger partial charge in [-0.1, -0.05) is 15.9 Å². The molecule has 0 radical (unpaired) electrons. The molecule has 1 amide bonds. The summed E-state index contributed by atoms with van der Waals surface area (Å²) in [5.74, 6) is 1.04. The first-order chi connectivity index (χ1) is 9.66. The van der Waals surface area contributed by atoms with Gasteiger partial charge in [-0.3, -0.25) is 4.79 Å². The largest absolute Gasteiger partial charge is 0.492 e. The van der Waals surface area contributed by atoms with Gasteiger partial charge in [-0.25, -0.2) is 0 Å². The lowest BCUT2D eigenvalue weighted by atomic mass is 10.3. The zero-order valence-corrected chi connectivity index (χ0v) is 13.4. The summed E-state index contributed by atoms with van der Waals surface area (Å²) in [5, 5.41) is 3.22. The van der Waals surface area contributed by atoms with Crippen molar-refractivity contribution in [3.63, 3.8) is 0 Å². The zero-order chi connectivity index (χ0) is 14.4. The molecule has 1 heterocycles. The van der Waals surface area contributed by atoms with E-state index in [1.807, 2.05) is 36.1 Å². The van der Waals surface area contributed by atoms with E-state index >= 15 is 0 Å². The molecule has 5 heteroatoms. The van der Waals surface area contributed by atoms with Gasteiger partial charge >= 0.3 is 0 Å². The highest BCUT2D eigenvalue weighted by Crippen LogP contribution is 2.15. The molecule has 1 aromatic rings. The van der Waals surface area contributed by atoms with Crippen LogP contribution >= 0.6 is 15.9 Å².